The molecule has 0 saturated heterocycles. The van der Waals surface area contributed by atoms with E-state index in [-0.39, 0.29) is 0 Å². The maximum Gasteiger partial charge on any atom is 0.0249 e. The van der Waals surface area contributed by atoms with Crippen LogP contribution >= 0.6 is 0 Å². The van der Waals surface area contributed by atoms with E-state index in [2.05, 4.69) is 74.2 Å². The highest BCUT2D eigenvalue weighted by Crippen LogP contribution is 2.37. The minimum absolute atomic E-state index is 0.761. The quantitative estimate of drug-likeness (QED) is 0.546. The van der Waals surface area contributed by atoms with E-state index >= 15 is 0 Å². The van der Waals surface area contributed by atoms with Crippen molar-refractivity contribution in [2.75, 3.05) is 0 Å². The lowest BCUT2D eigenvalue weighted by Crippen LogP contribution is -2.13. The van der Waals surface area contributed by atoms with Crippen molar-refractivity contribution in [3.05, 3.63) is 70.8 Å². The number of hydrogen-bond acceptors (Lipinski definition) is 0. The molecule has 1 aliphatic rings. The molecule has 0 unspecified atom stereocenters. The van der Waals surface area contributed by atoms with Crippen LogP contribution in [0.4, 0.5) is 0 Å². The van der Waals surface area contributed by atoms with Crippen LogP contribution in [-0.4, -0.2) is 0 Å². The summed E-state index contributed by atoms with van der Waals surface area (Å²) in [6, 6.07) is 17.6. The minimum Gasteiger partial charge on any atom is -0.0654 e. The zero-order valence-electron chi connectivity index (χ0n) is 15.7. The Bertz CT molecular complexity index is 701. The summed E-state index contributed by atoms with van der Waals surface area (Å²) in [5.74, 6) is 8.32. The molecule has 1 aliphatic carbocycles. The molecule has 0 nitrogen and oxygen atoms in total. The van der Waals surface area contributed by atoms with Gasteiger partial charge >= 0.3 is 0 Å². The number of rotatable bonds is 4. The first-order chi connectivity index (χ1) is 12.3. The first-order valence-electron chi connectivity index (χ1n) is 9.99. The lowest BCUT2D eigenvalue weighted by atomic mass is 9.77. The topological polar surface area (TPSA) is 0 Å². The molecule has 2 aromatic carbocycles. The molecule has 0 atom stereocenters. The normalized spacial score (nSPS) is 19.9. The molecular weight excluding hydrogens is 300 g/mol. The Morgan fingerprint density at radius 2 is 1.32 bits per heavy atom. The molecule has 0 N–H and O–H groups in total. The van der Waals surface area contributed by atoms with Gasteiger partial charge in [0.2, 0.25) is 0 Å². The van der Waals surface area contributed by atoms with Crippen LogP contribution < -0.4 is 0 Å². The van der Waals surface area contributed by atoms with E-state index in [1.54, 1.807) is 0 Å². The predicted octanol–water partition coefficient (Wildman–Crippen LogP) is 6.72. The maximum atomic E-state index is 3.30. The van der Waals surface area contributed by atoms with Gasteiger partial charge in [-0.1, -0.05) is 62.8 Å². The van der Waals surface area contributed by atoms with Gasteiger partial charge in [-0.25, -0.2) is 0 Å². The molecule has 0 aromatic heterocycles. The van der Waals surface area contributed by atoms with E-state index in [0.29, 0.717) is 0 Å². The maximum absolute atomic E-state index is 3.30. The highest BCUT2D eigenvalue weighted by atomic mass is 14.3. The van der Waals surface area contributed by atoms with Gasteiger partial charge in [-0.15, -0.1) is 0 Å². The second-order valence-electron chi connectivity index (χ2n) is 7.43. The fraction of sp³-hybridized carbons (Fsp3) is 0.440. The van der Waals surface area contributed by atoms with Gasteiger partial charge in [0, 0.05) is 11.1 Å². The Morgan fingerprint density at radius 1 is 0.760 bits per heavy atom. The van der Waals surface area contributed by atoms with E-state index in [0.717, 1.165) is 29.4 Å². The first kappa shape index (κ1) is 17.8. The minimum atomic E-state index is 0.761. The molecule has 3 rings (SSSR count). The second kappa shape index (κ2) is 8.91. The van der Waals surface area contributed by atoms with Crippen LogP contribution in [0.2, 0.25) is 0 Å². The number of benzene rings is 2. The first-order valence-corrected chi connectivity index (χ1v) is 9.99. The highest BCUT2D eigenvalue weighted by Gasteiger charge is 2.21. The summed E-state index contributed by atoms with van der Waals surface area (Å²) in [5.41, 5.74) is 5.08. The van der Waals surface area contributed by atoms with Gasteiger partial charge in [-0.3, -0.25) is 0 Å². The van der Waals surface area contributed by atoms with Crippen LogP contribution in [0.15, 0.2) is 48.5 Å². The Labute approximate surface area is 153 Å². The Kier molecular flexibility index (Phi) is 6.35. The summed E-state index contributed by atoms with van der Waals surface area (Å²) in [6.45, 7) is 4.49. The summed E-state index contributed by atoms with van der Waals surface area (Å²) >= 11 is 0. The molecular formula is C25H30. The monoisotopic (exact) mass is 330 g/mol. The molecule has 1 saturated carbocycles. The van der Waals surface area contributed by atoms with E-state index in [1.165, 1.54) is 49.7 Å². The lowest BCUT2D eigenvalue weighted by Gasteiger charge is -2.28. The average molecular weight is 331 g/mol. The predicted molar refractivity (Wildman–Crippen MR) is 108 cm³/mol. The smallest absolute Gasteiger partial charge is 0.0249 e. The van der Waals surface area contributed by atoms with Crippen molar-refractivity contribution in [2.45, 2.75) is 64.7 Å². The molecule has 2 aromatic rings. The molecule has 0 bridgehead atoms. The van der Waals surface area contributed by atoms with E-state index in [9.17, 15) is 0 Å². The molecule has 0 amide bonds. The molecule has 0 heterocycles. The molecule has 25 heavy (non-hydrogen) atoms. The van der Waals surface area contributed by atoms with Gasteiger partial charge in [0.1, 0.15) is 0 Å². The second-order valence-corrected chi connectivity index (χ2v) is 7.43. The van der Waals surface area contributed by atoms with Gasteiger partial charge in [0.15, 0.2) is 0 Å². The molecule has 0 heteroatoms. The lowest BCUT2D eigenvalue weighted by molar-refractivity contribution is 0.308. The third-order valence-corrected chi connectivity index (χ3v) is 5.64. The van der Waals surface area contributed by atoms with Gasteiger partial charge in [0.05, 0.1) is 0 Å². The van der Waals surface area contributed by atoms with E-state index in [4.69, 9.17) is 0 Å². The fourth-order valence-corrected chi connectivity index (χ4v) is 4.00. The van der Waals surface area contributed by atoms with Crippen LogP contribution in [0.1, 0.15) is 80.5 Å². The van der Waals surface area contributed by atoms with Crippen LogP contribution in [0.5, 0.6) is 0 Å². The SMILES string of the molecule is CCC[C@H]1CC[C@H](c2ccc(C#Cc3ccc(CC)cc3)cc2)CC1. The third-order valence-electron chi connectivity index (χ3n) is 5.64. The van der Waals surface area contributed by atoms with Crippen LogP contribution in [0.25, 0.3) is 0 Å². The van der Waals surface area contributed by atoms with Crippen molar-refractivity contribution in [3.63, 3.8) is 0 Å². The van der Waals surface area contributed by atoms with E-state index in [1.807, 2.05) is 0 Å². The van der Waals surface area contributed by atoms with Gasteiger partial charge in [-0.2, -0.15) is 0 Å². The Hall–Kier alpha value is -2.00. The highest BCUT2D eigenvalue weighted by molar-refractivity contribution is 5.44. The standard InChI is InChI=1S/C25H30/c1-3-5-21-12-16-24(17-13-21)25-18-14-23(15-19-25)11-10-22-8-6-20(4-2)7-9-22/h6-9,14-15,18-19,21,24H,3-5,12-13,16-17H2,1-2H3/t21-,24-. The largest absolute Gasteiger partial charge is 0.0654 e. The van der Waals surface area contributed by atoms with Crippen molar-refractivity contribution in [2.24, 2.45) is 5.92 Å². The van der Waals surface area contributed by atoms with Crippen LogP contribution in [-0.2, 0) is 6.42 Å². The van der Waals surface area contributed by atoms with Gasteiger partial charge < -0.3 is 0 Å². The zero-order valence-corrected chi connectivity index (χ0v) is 15.7. The van der Waals surface area contributed by atoms with Crippen molar-refractivity contribution in [3.8, 4) is 11.8 Å². The Morgan fingerprint density at radius 3 is 1.84 bits per heavy atom. The van der Waals surface area contributed by atoms with Crippen LogP contribution in [0.3, 0.4) is 0 Å². The summed E-state index contributed by atoms with van der Waals surface area (Å²) in [7, 11) is 0. The van der Waals surface area contributed by atoms with Gasteiger partial charge in [-0.05, 0) is 79.3 Å². The van der Waals surface area contributed by atoms with E-state index < -0.39 is 0 Å². The molecule has 0 radical (unpaired) electrons. The van der Waals surface area contributed by atoms with Crippen molar-refractivity contribution in [1.29, 1.82) is 0 Å². The van der Waals surface area contributed by atoms with Crippen LogP contribution in [0, 0.1) is 17.8 Å². The number of aryl methyl sites for hydroxylation is 1. The summed E-state index contributed by atoms with van der Waals surface area (Å²) in [5, 5.41) is 0. The third kappa shape index (κ3) is 4.99. The average Bonchev–Trinajstić information content (AvgIpc) is 2.68. The van der Waals surface area contributed by atoms with Gasteiger partial charge in [0.25, 0.3) is 0 Å². The zero-order chi connectivity index (χ0) is 17.5. The molecule has 0 aliphatic heterocycles. The molecule has 0 spiro atoms. The molecule has 1 fully saturated rings. The summed E-state index contributed by atoms with van der Waals surface area (Å²) < 4.78 is 0. The van der Waals surface area contributed by atoms with Crippen molar-refractivity contribution >= 4 is 0 Å². The molecule has 130 valence electrons. The summed E-state index contributed by atoms with van der Waals surface area (Å²) in [4.78, 5) is 0. The fourth-order valence-electron chi connectivity index (χ4n) is 4.00. The Balaban J connectivity index is 1.60. The van der Waals surface area contributed by atoms with Crippen molar-refractivity contribution in [1.82, 2.24) is 0 Å². The summed E-state index contributed by atoms with van der Waals surface area (Å²) in [6.07, 6.45) is 9.38. The number of hydrogen-bond donors (Lipinski definition) is 0. The van der Waals surface area contributed by atoms with Crippen molar-refractivity contribution < 1.29 is 0 Å².